The van der Waals surface area contributed by atoms with Gasteiger partial charge in [-0.3, -0.25) is 0 Å². The Morgan fingerprint density at radius 2 is 0.909 bits per heavy atom. The summed E-state index contributed by atoms with van der Waals surface area (Å²) < 4.78 is 15.3. The van der Waals surface area contributed by atoms with Crippen molar-refractivity contribution in [2.24, 2.45) is 0 Å². The Morgan fingerprint density at radius 3 is 1.45 bits per heavy atom. The summed E-state index contributed by atoms with van der Waals surface area (Å²) in [5, 5.41) is 6.69. The molecular weight excluding hydrogens is 406 g/mol. The Kier molecular flexibility index (Phi) is 3.14. The molecule has 0 aliphatic rings. The van der Waals surface area contributed by atoms with Gasteiger partial charge in [-0.05, 0) is 48.5 Å². The highest BCUT2D eigenvalue weighted by Gasteiger charge is 2.22. The number of rotatable bonds is 1. The molecule has 0 bridgehead atoms. The van der Waals surface area contributed by atoms with Gasteiger partial charge in [0.1, 0.15) is 22.3 Å². The molecule has 0 radical (unpaired) electrons. The second-order valence-corrected chi connectivity index (χ2v) is 8.54. The summed E-state index contributed by atoms with van der Waals surface area (Å²) in [5.41, 5.74) is 6.94. The van der Waals surface area contributed by atoms with Crippen LogP contribution in [0.2, 0.25) is 0 Å². The first kappa shape index (κ1) is 17.1. The highest BCUT2D eigenvalue weighted by Crippen LogP contribution is 2.44. The zero-order valence-corrected chi connectivity index (χ0v) is 17.6. The van der Waals surface area contributed by atoms with Crippen LogP contribution in [0.3, 0.4) is 0 Å². The lowest BCUT2D eigenvalue weighted by atomic mass is 10.1. The highest BCUT2D eigenvalue weighted by molar-refractivity contribution is 6.30. The third kappa shape index (κ3) is 2.14. The fourth-order valence-electron chi connectivity index (χ4n) is 5.40. The van der Waals surface area contributed by atoms with E-state index in [0.717, 1.165) is 71.4 Å². The molecule has 0 fully saturated rings. The number of benzene rings is 5. The van der Waals surface area contributed by atoms with Crippen molar-refractivity contribution in [3.8, 4) is 5.69 Å². The number of hydrogen-bond donors (Lipinski definition) is 0. The molecule has 0 N–H and O–H groups in total. The van der Waals surface area contributed by atoms with Gasteiger partial charge in [0, 0.05) is 27.2 Å². The van der Waals surface area contributed by atoms with Crippen molar-refractivity contribution in [3.05, 3.63) is 103 Å². The number of aromatic nitrogens is 1. The Hall–Kier alpha value is -4.50. The molecule has 3 heteroatoms. The average Bonchev–Trinajstić information content (AvgIpc) is 3.53. The van der Waals surface area contributed by atoms with Crippen molar-refractivity contribution in [1.82, 2.24) is 4.57 Å². The Bertz CT molecular complexity index is 1890. The summed E-state index contributed by atoms with van der Waals surface area (Å²) in [6, 6.07) is 35.7. The molecule has 8 rings (SSSR count). The predicted octanol–water partition coefficient (Wildman–Crippen LogP) is 8.58. The largest absolute Gasteiger partial charge is 0.455 e. The summed E-state index contributed by atoms with van der Waals surface area (Å²) >= 11 is 0. The number of para-hydroxylation sites is 3. The molecule has 33 heavy (non-hydrogen) atoms. The first-order valence-corrected chi connectivity index (χ1v) is 11.1. The van der Waals surface area contributed by atoms with Crippen LogP contribution in [-0.4, -0.2) is 4.57 Å². The van der Waals surface area contributed by atoms with Gasteiger partial charge < -0.3 is 13.4 Å². The minimum atomic E-state index is 0.900. The zero-order valence-electron chi connectivity index (χ0n) is 17.6. The second-order valence-electron chi connectivity index (χ2n) is 8.54. The van der Waals surface area contributed by atoms with Crippen LogP contribution >= 0.6 is 0 Å². The molecule has 0 spiro atoms. The van der Waals surface area contributed by atoms with Crippen LogP contribution in [0.1, 0.15) is 0 Å². The minimum absolute atomic E-state index is 0.900. The molecule has 3 nitrogen and oxygen atoms in total. The van der Waals surface area contributed by atoms with Gasteiger partial charge in [0.05, 0.1) is 21.8 Å². The summed E-state index contributed by atoms with van der Waals surface area (Å²) in [6.45, 7) is 0. The Labute approximate surface area is 188 Å². The number of nitrogens with zero attached hydrogens (tertiary/aromatic N) is 1. The number of fused-ring (bicyclic) bond motifs is 11. The van der Waals surface area contributed by atoms with Gasteiger partial charge >= 0.3 is 0 Å². The molecule has 3 heterocycles. The van der Waals surface area contributed by atoms with Crippen LogP contribution in [0.5, 0.6) is 0 Å². The first-order chi connectivity index (χ1) is 16.4. The average molecular weight is 423 g/mol. The molecule has 8 aromatic rings. The lowest BCUT2D eigenvalue weighted by Crippen LogP contribution is -1.92. The molecule has 0 atom stereocenters. The molecule has 3 aromatic heterocycles. The lowest BCUT2D eigenvalue weighted by Gasteiger charge is -2.07. The SMILES string of the molecule is c1ccc(-n2c3ccc4c5ccccc5oc4c3c3c4oc5ccccc5c4ccc32)cc1. The molecule has 0 aliphatic heterocycles. The van der Waals surface area contributed by atoms with E-state index < -0.39 is 0 Å². The van der Waals surface area contributed by atoms with E-state index in [1.807, 2.05) is 30.3 Å². The topological polar surface area (TPSA) is 31.2 Å². The maximum Gasteiger partial charge on any atom is 0.145 e. The van der Waals surface area contributed by atoms with Gasteiger partial charge in [0.25, 0.3) is 0 Å². The van der Waals surface area contributed by atoms with Gasteiger partial charge in [-0.15, -0.1) is 0 Å². The normalized spacial score (nSPS) is 12.2. The van der Waals surface area contributed by atoms with Crippen LogP contribution < -0.4 is 0 Å². The summed E-state index contributed by atoms with van der Waals surface area (Å²) in [6.07, 6.45) is 0. The fourth-order valence-corrected chi connectivity index (χ4v) is 5.40. The minimum Gasteiger partial charge on any atom is -0.455 e. The van der Waals surface area contributed by atoms with Crippen molar-refractivity contribution >= 4 is 65.7 Å². The lowest BCUT2D eigenvalue weighted by molar-refractivity contribution is 0.670. The third-order valence-electron chi connectivity index (χ3n) is 6.80. The van der Waals surface area contributed by atoms with Crippen LogP contribution in [0.25, 0.3) is 71.4 Å². The third-order valence-corrected chi connectivity index (χ3v) is 6.80. The standard InChI is InChI=1S/C30H17NO2/c1-2-8-18(9-3-1)31-23-16-14-21-19-10-4-6-12-25(19)32-29(21)27(23)28-24(31)17-15-22-20-11-5-7-13-26(20)33-30(22)28/h1-17H. The van der Waals surface area contributed by atoms with Crippen molar-refractivity contribution in [3.63, 3.8) is 0 Å². The van der Waals surface area contributed by atoms with E-state index in [4.69, 9.17) is 8.83 Å². The first-order valence-electron chi connectivity index (χ1n) is 11.1. The number of hydrogen-bond acceptors (Lipinski definition) is 2. The van der Waals surface area contributed by atoms with Crippen molar-refractivity contribution in [2.45, 2.75) is 0 Å². The molecule has 0 unspecified atom stereocenters. The van der Waals surface area contributed by atoms with Gasteiger partial charge in [0.2, 0.25) is 0 Å². The van der Waals surface area contributed by atoms with E-state index in [-0.39, 0.29) is 0 Å². The number of furan rings is 2. The molecule has 5 aromatic carbocycles. The highest BCUT2D eigenvalue weighted by atomic mass is 16.3. The Morgan fingerprint density at radius 1 is 0.424 bits per heavy atom. The van der Waals surface area contributed by atoms with Gasteiger partial charge in [-0.2, -0.15) is 0 Å². The van der Waals surface area contributed by atoms with Crippen LogP contribution in [0.4, 0.5) is 0 Å². The van der Waals surface area contributed by atoms with E-state index in [1.165, 1.54) is 0 Å². The predicted molar refractivity (Wildman–Crippen MR) is 135 cm³/mol. The van der Waals surface area contributed by atoms with Gasteiger partial charge in [-0.1, -0.05) is 54.6 Å². The second kappa shape index (κ2) is 6.05. The van der Waals surface area contributed by atoms with Crippen LogP contribution in [0.15, 0.2) is 112 Å². The molecule has 0 saturated carbocycles. The van der Waals surface area contributed by atoms with Crippen molar-refractivity contribution in [1.29, 1.82) is 0 Å². The maximum absolute atomic E-state index is 6.49. The molecule has 0 aliphatic carbocycles. The fraction of sp³-hybridized carbons (Fsp3) is 0. The summed E-state index contributed by atoms with van der Waals surface area (Å²) in [7, 11) is 0. The smallest absolute Gasteiger partial charge is 0.145 e. The zero-order chi connectivity index (χ0) is 21.5. The van der Waals surface area contributed by atoms with E-state index in [1.54, 1.807) is 0 Å². The van der Waals surface area contributed by atoms with Gasteiger partial charge in [0.15, 0.2) is 0 Å². The Balaban J connectivity index is 1.69. The maximum atomic E-state index is 6.49. The molecule has 0 saturated heterocycles. The van der Waals surface area contributed by atoms with Crippen LogP contribution in [-0.2, 0) is 0 Å². The summed E-state index contributed by atoms with van der Waals surface area (Å²) in [4.78, 5) is 0. The van der Waals surface area contributed by atoms with Gasteiger partial charge in [-0.25, -0.2) is 0 Å². The monoisotopic (exact) mass is 423 g/mol. The van der Waals surface area contributed by atoms with E-state index in [0.29, 0.717) is 0 Å². The van der Waals surface area contributed by atoms with E-state index in [9.17, 15) is 0 Å². The molecule has 0 amide bonds. The van der Waals surface area contributed by atoms with Crippen LogP contribution in [0, 0.1) is 0 Å². The molecular formula is C30H17NO2. The van der Waals surface area contributed by atoms with E-state index in [2.05, 4.69) is 77.4 Å². The van der Waals surface area contributed by atoms with Crippen molar-refractivity contribution in [2.75, 3.05) is 0 Å². The quantitative estimate of drug-likeness (QED) is 0.265. The van der Waals surface area contributed by atoms with Crippen molar-refractivity contribution < 1.29 is 8.83 Å². The van der Waals surface area contributed by atoms with E-state index >= 15 is 0 Å². The summed E-state index contributed by atoms with van der Waals surface area (Å²) in [5.74, 6) is 0. The molecule has 154 valence electrons.